The molecule has 0 bridgehead atoms. The second kappa shape index (κ2) is 9.24. The fourth-order valence-electron chi connectivity index (χ4n) is 4.17. The van der Waals surface area contributed by atoms with E-state index in [9.17, 15) is 4.79 Å². The lowest BCUT2D eigenvalue weighted by atomic mass is 9.96. The Balaban J connectivity index is 1.41. The second-order valence-electron chi connectivity index (χ2n) is 7.82. The molecule has 1 N–H and O–H groups in total. The van der Waals surface area contributed by atoms with Crippen LogP contribution in [-0.4, -0.2) is 57.9 Å². The van der Waals surface area contributed by atoms with Crippen molar-refractivity contribution >= 4 is 5.91 Å². The number of hydrogen-bond donors (Lipinski definition) is 1. The van der Waals surface area contributed by atoms with E-state index in [0.717, 1.165) is 50.3 Å². The maximum absolute atomic E-state index is 13.0. The number of H-pyrrole nitrogens is 1. The molecular formula is C23H29N5O3. The molecule has 1 aromatic carbocycles. The minimum atomic E-state index is -0.0176. The highest BCUT2D eigenvalue weighted by Crippen LogP contribution is 2.33. The summed E-state index contributed by atoms with van der Waals surface area (Å²) in [5.41, 5.74) is 1.92. The summed E-state index contributed by atoms with van der Waals surface area (Å²) in [6.45, 7) is 4.59. The van der Waals surface area contributed by atoms with Crippen molar-refractivity contribution in [3.63, 3.8) is 0 Å². The van der Waals surface area contributed by atoms with Crippen molar-refractivity contribution in [1.29, 1.82) is 0 Å². The van der Waals surface area contributed by atoms with E-state index in [1.807, 2.05) is 29.3 Å². The van der Waals surface area contributed by atoms with Gasteiger partial charge in [0.05, 0.1) is 19.9 Å². The van der Waals surface area contributed by atoms with Crippen molar-refractivity contribution in [1.82, 2.24) is 24.6 Å². The first-order valence-electron chi connectivity index (χ1n) is 10.7. The molecule has 3 aromatic rings. The van der Waals surface area contributed by atoms with Crippen molar-refractivity contribution in [3.8, 4) is 22.8 Å². The molecule has 1 amide bonds. The average molecular weight is 424 g/mol. The highest BCUT2D eigenvalue weighted by atomic mass is 16.5. The number of aryl methyl sites for hydroxylation is 1. The van der Waals surface area contributed by atoms with E-state index in [1.165, 1.54) is 0 Å². The molecule has 1 fully saturated rings. The van der Waals surface area contributed by atoms with E-state index in [1.54, 1.807) is 20.3 Å². The topological polar surface area (TPSA) is 85.3 Å². The molecule has 3 heterocycles. The molecule has 8 heteroatoms. The number of imidazole rings is 1. The highest BCUT2D eigenvalue weighted by Gasteiger charge is 2.26. The highest BCUT2D eigenvalue weighted by molar-refractivity contribution is 5.93. The van der Waals surface area contributed by atoms with Crippen molar-refractivity contribution in [2.24, 2.45) is 5.92 Å². The molecule has 1 aliphatic rings. The van der Waals surface area contributed by atoms with Gasteiger partial charge >= 0.3 is 0 Å². The van der Waals surface area contributed by atoms with Crippen LogP contribution in [0.3, 0.4) is 0 Å². The molecule has 0 radical (unpaired) electrons. The maximum atomic E-state index is 13.0. The average Bonchev–Trinajstić information content (AvgIpc) is 3.48. The second-order valence-corrected chi connectivity index (χ2v) is 7.82. The summed E-state index contributed by atoms with van der Waals surface area (Å²) in [4.78, 5) is 19.3. The van der Waals surface area contributed by atoms with Crippen LogP contribution in [0.5, 0.6) is 11.5 Å². The van der Waals surface area contributed by atoms with Crippen LogP contribution in [0.2, 0.25) is 0 Å². The van der Waals surface area contributed by atoms with Gasteiger partial charge in [0.1, 0.15) is 23.0 Å². The smallest absolute Gasteiger partial charge is 0.271 e. The third-order valence-corrected chi connectivity index (χ3v) is 5.97. The largest absolute Gasteiger partial charge is 0.497 e. The molecule has 0 unspecified atom stereocenters. The Kier molecular flexibility index (Phi) is 6.25. The number of aromatic amines is 1. The molecular weight excluding hydrogens is 394 g/mol. The van der Waals surface area contributed by atoms with E-state index in [0.29, 0.717) is 28.8 Å². The lowest BCUT2D eigenvalue weighted by Gasteiger charge is -2.32. The Morgan fingerprint density at radius 2 is 2.00 bits per heavy atom. The van der Waals surface area contributed by atoms with Gasteiger partial charge in [0.15, 0.2) is 0 Å². The number of amides is 1. The van der Waals surface area contributed by atoms with Gasteiger partial charge in [-0.25, -0.2) is 4.98 Å². The van der Waals surface area contributed by atoms with Crippen LogP contribution in [0.4, 0.5) is 0 Å². The van der Waals surface area contributed by atoms with E-state index < -0.39 is 0 Å². The third-order valence-electron chi connectivity index (χ3n) is 5.97. The Morgan fingerprint density at radius 3 is 2.71 bits per heavy atom. The quantitative estimate of drug-likeness (QED) is 0.630. The number of hydrogen-bond acceptors (Lipinski definition) is 5. The molecule has 31 heavy (non-hydrogen) atoms. The van der Waals surface area contributed by atoms with Gasteiger partial charge in [-0.2, -0.15) is 5.10 Å². The van der Waals surface area contributed by atoms with Gasteiger partial charge in [-0.3, -0.25) is 9.89 Å². The van der Waals surface area contributed by atoms with Crippen LogP contribution >= 0.6 is 0 Å². The molecule has 1 aliphatic heterocycles. The molecule has 4 rings (SSSR count). The van der Waals surface area contributed by atoms with Gasteiger partial charge in [0.2, 0.25) is 0 Å². The molecule has 0 aliphatic carbocycles. The van der Waals surface area contributed by atoms with Gasteiger partial charge in [-0.05, 0) is 43.0 Å². The monoisotopic (exact) mass is 423 g/mol. The van der Waals surface area contributed by atoms with Crippen molar-refractivity contribution in [3.05, 3.63) is 48.2 Å². The van der Waals surface area contributed by atoms with Crippen molar-refractivity contribution in [2.75, 3.05) is 27.3 Å². The Hall–Kier alpha value is -3.29. The number of likely N-dealkylation sites (tertiary alicyclic amines) is 1. The minimum absolute atomic E-state index is 0.0176. The summed E-state index contributed by atoms with van der Waals surface area (Å²) in [6.07, 6.45) is 6.82. The van der Waals surface area contributed by atoms with Crippen LogP contribution in [0, 0.1) is 5.92 Å². The number of aromatic nitrogens is 4. The van der Waals surface area contributed by atoms with Gasteiger partial charge in [-0.1, -0.05) is 6.92 Å². The number of ether oxygens (including phenoxy) is 2. The van der Waals surface area contributed by atoms with E-state index in [2.05, 4.69) is 32.9 Å². The van der Waals surface area contributed by atoms with Gasteiger partial charge in [0, 0.05) is 44.0 Å². The summed E-state index contributed by atoms with van der Waals surface area (Å²) in [6, 6.07) is 7.30. The van der Waals surface area contributed by atoms with Crippen molar-refractivity contribution < 1.29 is 14.3 Å². The van der Waals surface area contributed by atoms with Crippen LogP contribution in [0.1, 0.15) is 36.1 Å². The number of nitrogens with one attached hydrogen (secondary N) is 1. The number of carbonyl (C=O) groups excluding carboxylic acids is 1. The number of methoxy groups -OCH3 is 2. The number of carbonyl (C=O) groups is 1. The lowest BCUT2D eigenvalue weighted by Crippen LogP contribution is -2.39. The minimum Gasteiger partial charge on any atom is -0.497 e. The lowest BCUT2D eigenvalue weighted by molar-refractivity contribution is 0.0676. The first-order valence-corrected chi connectivity index (χ1v) is 10.7. The molecule has 1 saturated heterocycles. The van der Waals surface area contributed by atoms with Crippen LogP contribution < -0.4 is 9.47 Å². The Labute approximate surface area is 182 Å². The first-order chi connectivity index (χ1) is 15.1. The molecule has 0 saturated carbocycles. The molecule has 8 nitrogen and oxygen atoms in total. The standard InChI is InChI=1S/C23H29N5O3/c1-4-22-24-9-12-28(22)15-16-7-10-27(11-8-16)23(29)20-14-19(25-26-20)18-13-17(30-2)5-6-21(18)31-3/h5-6,9,12-14,16H,4,7-8,10-11,15H2,1-3H3,(H,25,26). The zero-order chi connectivity index (χ0) is 21.8. The van der Waals surface area contributed by atoms with E-state index >= 15 is 0 Å². The van der Waals surface area contributed by atoms with E-state index in [4.69, 9.17) is 9.47 Å². The van der Waals surface area contributed by atoms with E-state index in [-0.39, 0.29) is 5.91 Å². The van der Waals surface area contributed by atoms with Crippen LogP contribution in [0.25, 0.3) is 11.3 Å². The number of piperidine rings is 1. The summed E-state index contributed by atoms with van der Waals surface area (Å²) in [5, 5.41) is 7.25. The predicted octanol–water partition coefficient (Wildman–Crippen LogP) is 3.41. The SMILES string of the molecule is CCc1nccn1CC1CCN(C(=O)c2cc(-c3cc(OC)ccc3OC)n[nH]2)CC1. The molecule has 2 aromatic heterocycles. The molecule has 0 spiro atoms. The molecule has 164 valence electrons. The zero-order valence-corrected chi connectivity index (χ0v) is 18.3. The normalized spacial score (nSPS) is 14.6. The Morgan fingerprint density at radius 1 is 1.19 bits per heavy atom. The van der Waals surface area contributed by atoms with Crippen molar-refractivity contribution in [2.45, 2.75) is 32.7 Å². The van der Waals surface area contributed by atoms with Crippen LogP contribution in [0.15, 0.2) is 36.7 Å². The molecule has 0 atom stereocenters. The maximum Gasteiger partial charge on any atom is 0.271 e. The van der Waals surface area contributed by atoms with Gasteiger partial charge < -0.3 is 18.9 Å². The fraction of sp³-hybridized carbons (Fsp3) is 0.435. The van der Waals surface area contributed by atoms with Gasteiger partial charge in [-0.15, -0.1) is 0 Å². The number of benzene rings is 1. The number of nitrogens with zero attached hydrogens (tertiary/aromatic N) is 4. The first kappa shape index (κ1) is 21.0. The predicted molar refractivity (Wildman–Crippen MR) is 117 cm³/mol. The Bertz CT molecular complexity index is 1030. The summed E-state index contributed by atoms with van der Waals surface area (Å²) in [5.74, 6) is 3.05. The summed E-state index contributed by atoms with van der Waals surface area (Å²) >= 11 is 0. The summed E-state index contributed by atoms with van der Waals surface area (Å²) in [7, 11) is 3.23. The van der Waals surface area contributed by atoms with Gasteiger partial charge in [0.25, 0.3) is 5.91 Å². The summed E-state index contributed by atoms with van der Waals surface area (Å²) < 4.78 is 13.0. The van der Waals surface area contributed by atoms with Crippen LogP contribution in [-0.2, 0) is 13.0 Å². The zero-order valence-electron chi connectivity index (χ0n) is 18.3. The fourth-order valence-corrected chi connectivity index (χ4v) is 4.17. The third kappa shape index (κ3) is 4.42. The number of rotatable bonds is 7.